The van der Waals surface area contributed by atoms with Crippen LogP contribution in [0.15, 0.2) is 24.3 Å². The van der Waals surface area contributed by atoms with E-state index in [1.807, 2.05) is 0 Å². The molecule has 0 aliphatic heterocycles. The fourth-order valence-corrected chi connectivity index (χ4v) is 2.36. The fraction of sp³-hybridized carbons (Fsp3) is 0.571. The minimum Gasteiger partial charge on any atom is -0.386 e. The average molecular weight is 238 g/mol. The molecule has 1 aliphatic rings. The first-order valence-corrected chi connectivity index (χ1v) is 6.27. The van der Waals surface area contributed by atoms with Crippen LogP contribution in [0.4, 0.5) is 4.39 Å². The van der Waals surface area contributed by atoms with Gasteiger partial charge in [0, 0.05) is 12.2 Å². The third-order valence-electron chi connectivity index (χ3n) is 3.37. The topological polar surface area (TPSA) is 29.5 Å². The molecule has 0 saturated heterocycles. The van der Waals surface area contributed by atoms with Crippen LogP contribution in [0.5, 0.6) is 0 Å². The van der Waals surface area contributed by atoms with Crippen molar-refractivity contribution in [3.05, 3.63) is 35.6 Å². The molecule has 1 fully saturated rings. The molecular weight excluding hydrogens is 219 g/mol. The summed E-state index contributed by atoms with van der Waals surface area (Å²) in [5.74, 6) is 0.257. The summed E-state index contributed by atoms with van der Waals surface area (Å²) in [6, 6.07) is 6.29. The van der Waals surface area contributed by atoms with Crippen LogP contribution < -0.4 is 0 Å². The molecule has 0 spiro atoms. The van der Waals surface area contributed by atoms with E-state index in [0.29, 0.717) is 18.1 Å². The van der Waals surface area contributed by atoms with Crippen LogP contribution in [0.3, 0.4) is 0 Å². The molecule has 1 aromatic rings. The SMILES string of the molecule is OC(COCC1CCCC1)c1ccccc1F. The van der Waals surface area contributed by atoms with Gasteiger partial charge in [0.05, 0.1) is 6.61 Å². The van der Waals surface area contributed by atoms with Gasteiger partial charge in [-0.05, 0) is 24.8 Å². The normalized spacial score (nSPS) is 18.5. The fourth-order valence-electron chi connectivity index (χ4n) is 2.36. The van der Waals surface area contributed by atoms with Crippen molar-refractivity contribution >= 4 is 0 Å². The van der Waals surface area contributed by atoms with Gasteiger partial charge >= 0.3 is 0 Å². The Labute approximate surface area is 101 Å². The third-order valence-corrected chi connectivity index (χ3v) is 3.37. The zero-order valence-corrected chi connectivity index (χ0v) is 9.94. The van der Waals surface area contributed by atoms with Gasteiger partial charge in [0.2, 0.25) is 0 Å². The Balaban J connectivity index is 1.77. The number of hydrogen-bond acceptors (Lipinski definition) is 2. The quantitative estimate of drug-likeness (QED) is 0.854. The number of aliphatic hydroxyl groups excluding tert-OH is 1. The zero-order valence-electron chi connectivity index (χ0n) is 9.94. The largest absolute Gasteiger partial charge is 0.386 e. The Morgan fingerprint density at radius 3 is 2.71 bits per heavy atom. The van der Waals surface area contributed by atoms with Crippen molar-refractivity contribution < 1.29 is 14.2 Å². The summed E-state index contributed by atoms with van der Waals surface area (Å²) >= 11 is 0. The van der Waals surface area contributed by atoms with Crippen LogP contribution in [0, 0.1) is 11.7 Å². The highest BCUT2D eigenvalue weighted by Crippen LogP contribution is 2.25. The van der Waals surface area contributed by atoms with E-state index < -0.39 is 6.10 Å². The lowest BCUT2D eigenvalue weighted by Crippen LogP contribution is -2.13. The summed E-state index contributed by atoms with van der Waals surface area (Å²) < 4.78 is 18.8. The summed E-state index contributed by atoms with van der Waals surface area (Å²) in [6.45, 7) is 0.864. The van der Waals surface area contributed by atoms with Gasteiger partial charge < -0.3 is 9.84 Å². The number of ether oxygens (including phenoxy) is 1. The van der Waals surface area contributed by atoms with Crippen molar-refractivity contribution in [3.8, 4) is 0 Å². The van der Waals surface area contributed by atoms with Crippen molar-refractivity contribution in [1.82, 2.24) is 0 Å². The molecule has 3 heteroatoms. The molecule has 2 rings (SSSR count). The maximum Gasteiger partial charge on any atom is 0.129 e. The molecule has 0 amide bonds. The van der Waals surface area contributed by atoms with E-state index in [0.717, 1.165) is 0 Å². The summed E-state index contributed by atoms with van der Waals surface area (Å²) in [7, 11) is 0. The lowest BCUT2D eigenvalue weighted by atomic mass is 10.1. The molecule has 0 bridgehead atoms. The van der Waals surface area contributed by atoms with Gasteiger partial charge in [-0.25, -0.2) is 4.39 Å². The predicted molar refractivity (Wildman–Crippen MR) is 64.1 cm³/mol. The van der Waals surface area contributed by atoms with Gasteiger partial charge in [0.15, 0.2) is 0 Å². The smallest absolute Gasteiger partial charge is 0.129 e. The first-order chi connectivity index (χ1) is 8.27. The minimum absolute atomic E-state index is 0.178. The van der Waals surface area contributed by atoms with Crippen molar-refractivity contribution in [2.75, 3.05) is 13.2 Å². The van der Waals surface area contributed by atoms with E-state index in [2.05, 4.69) is 0 Å². The predicted octanol–water partition coefficient (Wildman–Crippen LogP) is 3.07. The van der Waals surface area contributed by atoms with Gasteiger partial charge in [-0.3, -0.25) is 0 Å². The summed E-state index contributed by atoms with van der Waals surface area (Å²) in [4.78, 5) is 0. The minimum atomic E-state index is -0.863. The second-order valence-electron chi connectivity index (χ2n) is 4.73. The molecule has 1 atom stereocenters. The van der Waals surface area contributed by atoms with Crippen LogP contribution >= 0.6 is 0 Å². The first-order valence-electron chi connectivity index (χ1n) is 6.27. The van der Waals surface area contributed by atoms with Gasteiger partial charge in [-0.15, -0.1) is 0 Å². The van der Waals surface area contributed by atoms with E-state index in [-0.39, 0.29) is 12.4 Å². The molecule has 1 aliphatic carbocycles. The van der Waals surface area contributed by atoms with E-state index in [4.69, 9.17) is 4.74 Å². The van der Waals surface area contributed by atoms with Gasteiger partial charge in [0.1, 0.15) is 11.9 Å². The second-order valence-corrected chi connectivity index (χ2v) is 4.73. The molecule has 0 aromatic heterocycles. The first kappa shape index (κ1) is 12.5. The van der Waals surface area contributed by atoms with E-state index in [9.17, 15) is 9.50 Å². The van der Waals surface area contributed by atoms with Crippen LogP contribution in [0.2, 0.25) is 0 Å². The monoisotopic (exact) mass is 238 g/mol. The highest BCUT2D eigenvalue weighted by molar-refractivity contribution is 5.19. The van der Waals surface area contributed by atoms with Crippen molar-refractivity contribution in [2.24, 2.45) is 5.92 Å². The second kappa shape index (κ2) is 6.12. The van der Waals surface area contributed by atoms with Crippen molar-refractivity contribution in [3.63, 3.8) is 0 Å². The molecule has 1 saturated carbocycles. The highest BCUT2D eigenvalue weighted by atomic mass is 19.1. The van der Waals surface area contributed by atoms with Crippen LogP contribution in [-0.4, -0.2) is 18.3 Å². The molecule has 94 valence electrons. The molecule has 1 aromatic carbocycles. The molecule has 1 N–H and O–H groups in total. The zero-order chi connectivity index (χ0) is 12.1. The Kier molecular flexibility index (Phi) is 4.51. The van der Waals surface area contributed by atoms with Gasteiger partial charge in [-0.1, -0.05) is 31.0 Å². The van der Waals surface area contributed by atoms with E-state index in [1.165, 1.54) is 31.7 Å². The average Bonchev–Trinajstić information content (AvgIpc) is 2.82. The Bertz CT molecular complexity index is 348. The summed E-state index contributed by atoms with van der Waals surface area (Å²) in [6.07, 6.45) is 4.14. The van der Waals surface area contributed by atoms with Gasteiger partial charge in [-0.2, -0.15) is 0 Å². The molecular formula is C14H19FO2. The Hall–Kier alpha value is -0.930. The maximum atomic E-state index is 13.4. The molecule has 2 nitrogen and oxygen atoms in total. The van der Waals surface area contributed by atoms with Crippen molar-refractivity contribution in [2.45, 2.75) is 31.8 Å². The lowest BCUT2D eigenvalue weighted by molar-refractivity contribution is 0.0197. The molecule has 0 heterocycles. The van der Waals surface area contributed by atoms with E-state index >= 15 is 0 Å². The number of aliphatic hydroxyl groups is 1. The van der Waals surface area contributed by atoms with Crippen molar-refractivity contribution in [1.29, 1.82) is 0 Å². The van der Waals surface area contributed by atoms with Crippen LogP contribution in [0.25, 0.3) is 0 Å². The molecule has 17 heavy (non-hydrogen) atoms. The number of hydrogen-bond donors (Lipinski definition) is 1. The number of benzene rings is 1. The Morgan fingerprint density at radius 1 is 1.29 bits per heavy atom. The number of rotatable bonds is 5. The van der Waals surface area contributed by atoms with Crippen LogP contribution in [0.1, 0.15) is 37.4 Å². The van der Waals surface area contributed by atoms with Crippen LogP contribution in [-0.2, 0) is 4.74 Å². The summed E-state index contributed by atoms with van der Waals surface area (Å²) in [5.41, 5.74) is 0.318. The molecule has 0 radical (unpaired) electrons. The third kappa shape index (κ3) is 3.51. The number of halogens is 1. The maximum absolute atomic E-state index is 13.4. The standard InChI is InChI=1S/C14H19FO2/c15-13-8-4-3-7-12(13)14(16)10-17-9-11-5-1-2-6-11/h3-4,7-8,11,14,16H,1-2,5-6,9-10H2. The summed E-state index contributed by atoms with van der Waals surface area (Å²) in [5, 5.41) is 9.81. The Morgan fingerprint density at radius 2 is 2.00 bits per heavy atom. The molecule has 1 unspecified atom stereocenters. The lowest BCUT2D eigenvalue weighted by Gasteiger charge is -2.14. The van der Waals surface area contributed by atoms with E-state index in [1.54, 1.807) is 18.2 Å². The highest BCUT2D eigenvalue weighted by Gasteiger charge is 2.17. The van der Waals surface area contributed by atoms with Gasteiger partial charge in [0.25, 0.3) is 0 Å².